The molecule has 0 radical (unpaired) electrons. The Morgan fingerprint density at radius 2 is 1.55 bits per heavy atom. The summed E-state index contributed by atoms with van der Waals surface area (Å²) in [5.74, 6) is 1.16. The van der Waals surface area contributed by atoms with Gasteiger partial charge in [-0.2, -0.15) is 10.1 Å². The molecule has 148 valence electrons. The normalized spacial score (nSPS) is 13.8. The van der Waals surface area contributed by atoms with E-state index in [1.807, 2.05) is 30.3 Å². The number of hydrogen-bond acceptors (Lipinski definition) is 7. The standard InChI is InChI=1S/C21H23N7O/c1-16(29)23-17-7-9-18(10-8-17)24-20-15-22-26-21(25-20)28-13-11-27(12-14-28)19-5-3-2-4-6-19/h2-10,15H,11-14H2,1H3,(H,23,29)(H,24,25,26). The molecule has 29 heavy (non-hydrogen) atoms. The molecular weight excluding hydrogens is 366 g/mol. The predicted octanol–water partition coefficient (Wildman–Crippen LogP) is 2.90. The summed E-state index contributed by atoms with van der Waals surface area (Å²) in [5.41, 5.74) is 2.85. The zero-order chi connectivity index (χ0) is 20.1. The van der Waals surface area contributed by atoms with Gasteiger partial charge in [-0.25, -0.2) is 0 Å². The van der Waals surface area contributed by atoms with Crippen LogP contribution in [0.1, 0.15) is 6.92 Å². The minimum absolute atomic E-state index is 0.0947. The van der Waals surface area contributed by atoms with Crippen LogP contribution in [0.3, 0.4) is 0 Å². The molecule has 1 aliphatic rings. The van der Waals surface area contributed by atoms with Crippen molar-refractivity contribution in [1.29, 1.82) is 0 Å². The van der Waals surface area contributed by atoms with Gasteiger partial charge >= 0.3 is 0 Å². The number of piperazine rings is 1. The first-order valence-corrected chi connectivity index (χ1v) is 9.57. The van der Waals surface area contributed by atoms with Gasteiger partial charge < -0.3 is 20.4 Å². The molecule has 8 nitrogen and oxygen atoms in total. The van der Waals surface area contributed by atoms with Crippen molar-refractivity contribution in [3.8, 4) is 0 Å². The number of rotatable bonds is 5. The van der Waals surface area contributed by atoms with Gasteiger partial charge in [0.1, 0.15) is 0 Å². The largest absolute Gasteiger partial charge is 0.368 e. The van der Waals surface area contributed by atoms with Crippen LogP contribution in [0.25, 0.3) is 0 Å². The van der Waals surface area contributed by atoms with E-state index < -0.39 is 0 Å². The monoisotopic (exact) mass is 389 g/mol. The fourth-order valence-corrected chi connectivity index (χ4v) is 3.28. The number of aromatic nitrogens is 3. The van der Waals surface area contributed by atoms with Gasteiger partial charge in [0, 0.05) is 50.2 Å². The Balaban J connectivity index is 1.38. The maximum Gasteiger partial charge on any atom is 0.247 e. The smallest absolute Gasteiger partial charge is 0.247 e. The fourth-order valence-electron chi connectivity index (χ4n) is 3.28. The molecule has 2 heterocycles. The van der Waals surface area contributed by atoms with Crippen molar-refractivity contribution in [3.05, 3.63) is 60.8 Å². The molecular formula is C21H23N7O. The molecule has 0 spiro atoms. The Morgan fingerprint density at radius 1 is 0.897 bits per heavy atom. The predicted molar refractivity (Wildman–Crippen MR) is 115 cm³/mol. The number of anilines is 5. The second kappa shape index (κ2) is 8.55. The lowest BCUT2D eigenvalue weighted by Crippen LogP contribution is -2.47. The SMILES string of the molecule is CC(=O)Nc1ccc(Nc2cnnc(N3CCN(c4ccccc4)CC3)n2)cc1. The van der Waals surface area contributed by atoms with Gasteiger partial charge in [0.2, 0.25) is 11.9 Å². The van der Waals surface area contributed by atoms with E-state index in [0.717, 1.165) is 37.6 Å². The lowest BCUT2D eigenvalue weighted by molar-refractivity contribution is -0.114. The molecule has 0 aliphatic carbocycles. The number of amides is 1. The van der Waals surface area contributed by atoms with E-state index in [9.17, 15) is 4.79 Å². The van der Waals surface area contributed by atoms with Crippen LogP contribution >= 0.6 is 0 Å². The molecule has 1 saturated heterocycles. The van der Waals surface area contributed by atoms with Crippen LogP contribution in [0, 0.1) is 0 Å². The highest BCUT2D eigenvalue weighted by molar-refractivity contribution is 5.88. The van der Waals surface area contributed by atoms with Crippen molar-refractivity contribution in [2.75, 3.05) is 46.6 Å². The summed E-state index contributed by atoms with van der Waals surface area (Å²) in [4.78, 5) is 20.2. The highest BCUT2D eigenvalue weighted by atomic mass is 16.1. The van der Waals surface area contributed by atoms with Crippen molar-refractivity contribution in [1.82, 2.24) is 15.2 Å². The van der Waals surface area contributed by atoms with Gasteiger partial charge in [0.15, 0.2) is 5.82 Å². The van der Waals surface area contributed by atoms with E-state index in [4.69, 9.17) is 0 Å². The maximum atomic E-state index is 11.1. The second-order valence-electron chi connectivity index (χ2n) is 6.83. The third-order valence-electron chi connectivity index (χ3n) is 4.71. The Hall–Kier alpha value is -3.68. The van der Waals surface area contributed by atoms with E-state index >= 15 is 0 Å². The van der Waals surface area contributed by atoms with Crippen molar-refractivity contribution < 1.29 is 4.79 Å². The molecule has 1 fully saturated rings. The van der Waals surface area contributed by atoms with Gasteiger partial charge in [-0.1, -0.05) is 18.2 Å². The van der Waals surface area contributed by atoms with Gasteiger partial charge in [-0.3, -0.25) is 4.79 Å². The minimum Gasteiger partial charge on any atom is -0.368 e. The van der Waals surface area contributed by atoms with Crippen LogP contribution in [-0.2, 0) is 4.79 Å². The molecule has 2 aromatic carbocycles. The van der Waals surface area contributed by atoms with Crippen molar-refractivity contribution in [2.24, 2.45) is 0 Å². The molecule has 1 aromatic heterocycles. The van der Waals surface area contributed by atoms with Crippen LogP contribution in [0.15, 0.2) is 60.8 Å². The van der Waals surface area contributed by atoms with E-state index in [-0.39, 0.29) is 5.91 Å². The number of hydrogen-bond donors (Lipinski definition) is 2. The molecule has 2 N–H and O–H groups in total. The molecule has 0 atom stereocenters. The summed E-state index contributed by atoms with van der Waals surface area (Å²) in [6.45, 7) is 4.99. The molecule has 3 aromatic rings. The highest BCUT2D eigenvalue weighted by Gasteiger charge is 2.19. The zero-order valence-corrected chi connectivity index (χ0v) is 16.2. The average molecular weight is 389 g/mol. The summed E-state index contributed by atoms with van der Waals surface area (Å²) in [6, 6.07) is 17.9. The summed E-state index contributed by atoms with van der Waals surface area (Å²) >= 11 is 0. The van der Waals surface area contributed by atoms with Gasteiger partial charge in [-0.05, 0) is 36.4 Å². The third kappa shape index (κ3) is 4.78. The van der Waals surface area contributed by atoms with Crippen molar-refractivity contribution in [3.63, 3.8) is 0 Å². The lowest BCUT2D eigenvalue weighted by Gasteiger charge is -2.35. The molecule has 8 heteroatoms. The van der Waals surface area contributed by atoms with Gasteiger partial charge in [0.05, 0.1) is 6.20 Å². The van der Waals surface area contributed by atoms with Crippen LogP contribution in [0.5, 0.6) is 0 Å². The van der Waals surface area contributed by atoms with Crippen LogP contribution in [0.4, 0.5) is 28.8 Å². The minimum atomic E-state index is -0.0947. The first-order chi connectivity index (χ1) is 14.2. The molecule has 1 amide bonds. The van der Waals surface area contributed by atoms with E-state index in [0.29, 0.717) is 11.8 Å². The Bertz CT molecular complexity index is 954. The van der Waals surface area contributed by atoms with Crippen LogP contribution in [-0.4, -0.2) is 47.3 Å². The molecule has 0 bridgehead atoms. The van der Waals surface area contributed by atoms with E-state index in [1.54, 1.807) is 6.20 Å². The number of carbonyl (C=O) groups is 1. The summed E-state index contributed by atoms with van der Waals surface area (Å²) in [7, 11) is 0. The van der Waals surface area contributed by atoms with Crippen molar-refractivity contribution >= 4 is 34.7 Å². The second-order valence-corrected chi connectivity index (χ2v) is 6.83. The number of nitrogens with one attached hydrogen (secondary N) is 2. The topological polar surface area (TPSA) is 86.3 Å². The Morgan fingerprint density at radius 3 is 2.24 bits per heavy atom. The third-order valence-corrected chi connectivity index (χ3v) is 4.71. The van der Waals surface area contributed by atoms with Crippen molar-refractivity contribution in [2.45, 2.75) is 6.92 Å². The molecule has 0 unspecified atom stereocenters. The Labute approximate surface area is 169 Å². The highest BCUT2D eigenvalue weighted by Crippen LogP contribution is 2.20. The lowest BCUT2D eigenvalue weighted by atomic mass is 10.2. The number of para-hydroxylation sites is 1. The molecule has 1 aliphatic heterocycles. The molecule has 0 saturated carbocycles. The maximum absolute atomic E-state index is 11.1. The quantitative estimate of drug-likeness (QED) is 0.694. The summed E-state index contributed by atoms with van der Waals surface area (Å²) in [6.07, 6.45) is 1.60. The van der Waals surface area contributed by atoms with Crippen LogP contribution in [0.2, 0.25) is 0 Å². The summed E-state index contributed by atoms with van der Waals surface area (Å²) in [5, 5.41) is 14.3. The van der Waals surface area contributed by atoms with Gasteiger partial charge in [0.25, 0.3) is 0 Å². The van der Waals surface area contributed by atoms with Crippen LogP contribution < -0.4 is 20.4 Å². The van der Waals surface area contributed by atoms with Gasteiger partial charge in [-0.15, -0.1) is 5.10 Å². The van der Waals surface area contributed by atoms with E-state index in [2.05, 4.69) is 59.9 Å². The first kappa shape index (κ1) is 18.7. The average Bonchev–Trinajstić information content (AvgIpc) is 2.76. The number of carbonyl (C=O) groups excluding carboxylic acids is 1. The zero-order valence-electron chi connectivity index (χ0n) is 16.2. The van der Waals surface area contributed by atoms with E-state index in [1.165, 1.54) is 12.6 Å². The fraction of sp³-hybridized carbons (Fsp3) is 0.238. The summed E-state index contributed by atoms with van der Waals surface area (Å²) < 4.78 is 0. The first-order valence-electron chi connectivity index (χ1n) is 9.57. The number of benzene rings is 2. The number of nitrogens with zero attached hydrogens (tertiary/aromatic N) is 5. The Kier molecular flexibility index (Phi) is 5.51. The molecule has 4 rings (SSSR count).